The van der Waals surface area contributed by atoms with E-state index in [1.165, 1.54) is 22.8 Å². The Bertz CT molecular complexity index is 730. The van der Waals surface area contributed by atoms with Gasteiger partial charge in [-0.25, -0.2) is 4.39 Å². The minimum absolute atomic E-state index is 0.102. The number of hydrogen-bond donors (Lipinski definition) is 1. The van der Waals surface area contributed by atoms with Gasteiger partial charge in [-0.1, -0.05) is 42.0 Å². The number of piperidine rings is 1. The smallest absolute Gasteiger partial charge is 0.126 e. The number of likely N-dealkylation sites (tertiary alicyclic amines) is 1. The molecule has 0 amide bonds. The highest BCUT2D eigenvalue weighted by Gasteiger charge is 2.35. The number of benzene rings is 2. The summed E-state index contributed by atoms with van der Waals surface area (Å²) in [5.74, 6) is -0.165. The van der Waals surface area contributed by atoms with E-state index >= 15 is 0 Å². The highest BCUT2D eigenvalue weighted by molar-refractivity contribution is 5.30. The lowest BCUT2D eigenvalue weighted by molar-refractivity contribution is 0.0282. The van der Waals surface area contributed by atoms with Crippen LogP contribution in [0.1, 0.15) is 35.1 Å². The van der Waals surface area contributed by atoms with Gasteiger partial charge in [-0.05, 0) is 62.4 Å². The van der Waals surface area contributed by atoms with E-state index in [4.69, 9.17) is 0 Å². The van der Waals surface area contributed by atoms with Crippen LogP contribution in [0.25, 0.3) is 0 Å². The van der Waals surface area contributed by atoms with Crippen LogP contribution in [0, 0.1) is 25.1 Å². The van der Waals surface area contributed by atoms with Gasteiger partial charge in [0.25, 0.3) is 0 Å². The summed E-state index contributed by atoms with van der Waals surface area (Å²) < 4.78 is 14.1. The van der Waals surface area contributed by atoms with Crippen LogP contribution in [0.2, 0.25) is 0 Å². The van der Waals surface area contributed by atoms with Crippen molar-refractivity contribution < 1.29 is 9.50 Å². The van der Waals surface area contributed by atoms with E-state index in [0.29, 0.717) is 12.0 Å². The molecule has 0 radical (unpaired) electrons. The second-order valence-corrected chi connectivity index (χ2v) is 7.67. The Balaban J connectivity index is 1.76. The maximum Gasteiger partial charge on any atom is 0.126 e. The van der Waals surface area contributed by atoms with Gasteiger partial charge in [0.05, 0.1) is 6.61 Å². The highest BCUT2D eigenvalue weighted by atomic mass is 19.1. The number of rotatable bonds is 5. The molecule has 3 heteroatoms. The fourth-order valence-corrected chi connectivity index (χ4v) is 4.03. The lowest BCUT2D eigenvalue weighted by atomic mass is 9.75. The van der Waals surface area contributed by atoms with Gasteiger partial charge in [0.1, 0.15) is 5.82 Å². The lowest BCUT2D eigenvalue weighted by Gasteiger charge is -2.42. The van der Waals surface area contributed by atoms with Gasteiger partial charge in [-0.2, -0.15) is 0 Å². The van der Waals surface area contributed by atoms with Gasteiger partial charge in [-0.3, -0.25) is 4.90 Å². The maximum atomic E-state index is 14.1. The van der Waals surface area contributed by atoms with Gasteiger partial charge >= 0.3 is 0 Å². The van der Waals surface area contributed by atoms with Crippen molar-refractivity contribution in [1.82, 2.24) is 4.90 Å². The lowest BCUT2D eigenvalue weighted by Crippen LogP contribution is -2.46. The van der Waals surface area contributed by atoms with E-state index in [2.05, 4.69) is 36.9 Å². The molecule has 0 bridgehead atoms. The molecule has 1 saturated heterocycles. The maximum absolute atomic E-state index is 14.1. The van der Waals surface area contributed by atoms with E-state index in [9.17, 15) is 9.50 Å². The molecule has 0 unspecified atom stereocenters. The van der Waals surface area contributed by atoms with Gasteiger partial charge < -0.3 is 5.11 Å². The molecular weight excluding hydrogens is 313 g/mol. The van der Waals surface area contributed by atoms with Crippen molar-refractivity contribution in [2.75, 3.05) is 19.7 Å². The molecule has 134 valence electrons. The first kappa shape index (κ1) is 18.1. The molecule has 1 atom stereocenters. The SMILES string of the molecule is Cc1ccc(C)c(CN2CCC[C@](CO)(Cc3ccccc3F)C2)c1. The Morgan fingerprint density at radius 1 is 1.12 bits per heavy atom. The molecule has 25 heavy (non-hydrogen) atoms. The fourth-order valence-electron chi connectivity index (χ4n) is 4.03. The molecular formula is C22H28FNO. The van der Waals surface area contributed by atoms with Crippen molar-refractivity contribution in [3.8, 4) is 0 Å². The standard InChI is InChI=1S/C22H28FNO/c1-17-8-9-18(2)20(12-17)14-24-11-5-10-22(15-24,16-25)13-19-6-3-4-7-21(19)23/h3-4,6-9,12,25H,5,10-11,13-16H2,1-2H3/t22-/m0/s1. The Kier molecular flexibility index (Phi) is 5.55. The van der Waals surface area contributed by atoms with Crippen LogP contribution >= 0.6 is 0 Å². The van der Waals surface area contributed by atoms with Crippen molar-refractivity contribution in [1.29, 1.82) is 0 Å². The number of hydrogen-bond acceptors (Lipinski definition) is 2. The number of halogens is 1. The fraction of sp³-hybridized carbons (Fsp3) is 0.455. The molecule has 1 aliphatic heterocycles. The summed E-state index contributed by atoms with van der Waals surface area (Å²) in [5, 5.41) is 10.1. The Morgan fingerprint density at radius 2 is 1.92 bits per heavy atom. The van der Waals surface area contributed by atoms with Gasteiger partial charge in [0, 0.05) is 18.5 Å². The van der Waals surface area contributed by atoms with Crippen molar-refractivity contribution in [3.05, 3.63) is 70.5 Å². The topological polar surface area (TPSA) is 23.5 Å². The summed E-state index contributed by atoms with van der Waals surface area (Å²) in [6, 6.07) is 13.5. The summed E-state index contributed by atoms with van der Waals surface area (Å²) in [6.45, 7) is 7.11. The molecule has 3 rings (SSSR count). The molecule has 1 aliphatic rings. The molecule has 2 aromatic rings. The largest absolute Gasteiger partial charge is 0.396 e. The van der Waals surface area contributed by atoms with E-state index < -0.39 is 0 Å². The van der Waals surface area contributed by atoms with Crippen LogP contribution in [-0.2, 0) is 13.0 Å². The van der Waals surface area contributed by atoms with E-state index in [0.717, 1.165) is 32.5 Å². The number of aliphatic hydroxyl groups is 1. The summed E-state index contributed by atoms with van der Waals surface area (Å²) in [6.07, 6.45) is 2.58. The van der Waals surface area contributed by atoms with Crippen LogP contribution < -0.4 is 0 Å². The second-order valence-electron chi connectivity index (χ2n) is 7.67. The predicted octanol–water partition coefficient (Wildman–Crippen LogP) is 4.26. The minimum Gasteiger partial charge on any atom is -0.396 e. The summed E-state index contributed by atoms with van der Waals surface area (Å²) in [7, 11) is 0. The van der Waals surface area contributed by atoms with E-state index in [-0.39, 0.29) is 17.8 Å². The zero-order valence-corrected chi connectivity index (χ0v) is 15.3. The van der Waals surface area contributed by atoms with Crippen molar-refractivity contribution in [3.63, 3.8) is 0 Å². The summed E-state index contributed by atoms with van der Waals surface area (Å²) >= 11 is 0. The van der Waals surface area contributed by atoms with E-state index in [1.807, 2.05) is 12.1 Å². The molecule has 2 nitrogen and oxygen atoms in total. The highest BCUT2D eigenvalue weighted by Crippen LogP contribution is 2.34. The average Bonchev–Trinajstić information content (AvgIpc) is 2.60. The van der Waals surface area contributed by atoms with Crippen molar-refractivity contribution >= 4 is 0 Å². The predicted molar refractivity (Wildman–Crippen MR) is 100 cm³/mol. The molecule has 0 aromatic heterocycles. The average molecular weight is 341 g/mol. The van der Waals surface area contributed by atoms with Gasteiger partial charge in [-0.15, -0.1) is 0 Å². The van der Waals surface area contributed by atoms with Gasteiger partial charge in [0.15, 0.2) is 0 Å². The minimum atomic E-state index is -0.252. The first-order valence-electron chi connectivity index (χ1n) is 9.14. The normalized spacial score (nSPS) is 21.4. The van der Waals surface area contributed by atoms with Crippen LogP contribution in [0.4, 0.5) is 4.39 Å². The molecule has 0 spiro atoms. The van der Waals surface area contributed by atoms with Crippen LogP contribution in [0.5, 0.6) is 0 Å². The Hall–Kier alpha value is -1.71. The van der Waals surface area contributed by atoms with Crippen molar-refractivity contribution in [2.45, 2.75) is 39.7 Å². The zero-order valence-electron chi connectivity index (χ0n) is 15.3. The van der Waals surface area contributed by atoms with E-state index in [1.54, 1.807) is 6.07 Å². The molecule has 0 saturated carbocycles. The second kappa shape index (κ2) is 7.67. The third-order valence-corrected chi connectivity index (χ3v) is 5.50. The Labute approximate surface area is 150 Å². The number of nitrogens with zero attached hydrogens (tertiary/aromatic N) is 1. The Morgan fingerprint density at radius 3 is 2.68 bits per heavy atom. The van der Waals surface area contributed by atoms with Gasteiger partial charge in [0.2, 0.25) is 0 Å². The third-order valence-electron chi connectivity index (χ3n) is 5.50. The summed E-state index contributed by atoms with van der Waals surface area (Å²) in [4.78, 5) is 2.42. The van der Waals surface area contributed by atoms with Crippen LogP contribution in [0.3, 0.4) is 0 Å². The molecule has 1 N–H and O–H groups in total. The third kappa shape index (κ3) is 4.28. The number of aliphatic hydroxyl groups excluding tert-OH is 1. The molecule has 2 aromatic carbocycles. The first-order chi connectivity index (χ1) is 12.0. The first-order valence-corrected chi connectivity index (χ1v) is 9.14. The van der Waals surface area contributed by atoms with Crippen LogP contribution in [0.15, 0.2) is 42.5 Å². The van der Waals surface area contributed by atoms with Crippen LogP contribution in [-0.4, -0.2) is 29.7 Å². The van der Waals surface area contributed by atoms with Crippen molar-refractivity contribution in [2.24, 2.45) is 5.41 Å². The number of aryl methyl sites for hydroxylation is 2. The monoisotopic (exact) mass is 341 g/mol. The summed E-state index contributed by atoms with van der Waals surface area (Å²) in [5.41, 5.74) is 4.39. The quantitative estimate of drug-likeness (QED) is 0.878. The molecule has 1 heterocycles. The zero-order chi connectivity index (χ0) is 17.9. The molecule has 1 fully saturated rings. The molecule has 0 aliphatic carbocycles.